The lowest BCUT2D eigenvalue weighted by molar-refractivity contribution is 0.0548. The Morgan fingerprint density at radius 3 is 2.40 bits per heavy atom. The highest BCUT2D eigenvalue weighted by Crippen LogP contribution is 2.34. The SMILES string of the molecule is S=C(N/N=C\C1=C(N2CCOCC2)C(=Cc2ccccc2)CC1)Nc1ccccc1. The van der Waals surface area contributed by atoms with E-state index in [1.165, 1.54) is 22.4 Å². The molecule has 0 aromatic heterocycles. The van der Waals surface area contributed by atoms with Crippen molar-refractivity contribution < 1.29 is 4.74 Å². The van der Waals surface area contributed by atoms with Crippen molar-refractivity contribution in [1.29, 1.82) is 0 Å². The maximum atomic E-state index is 5.56. The second-order valence-electron chi connectivity index (χ2n) is 7.24. The van der Waals surface area contributed by atoms with E-state index >= 15 is 0 Å². The molecule has 2 aliphatic rings. The van der Waals surface area contributed by atoms with Gasteiger partial charge in [-0.25, -0.2) is 0 Å². The first-order valence-corrected chi connectivity index (χ1v) is 10.7. The summed E-state index contributed by atoms with van der Waals surface area (Å²) in [5, 5.41) is 8.03. The van der Waals surface area contributed by atoms with E-state index < -0.39 is 0 Å². The van der Waals surface area contributed by atoms with Gasteiger partial charge in [-0.3, -0.25) is 5.43 Å². The van der Waals surface area contributed by atoms with Crippen molar-refractivity contribution in [1.82, 2.24) is 10.3 Å². The van der Waals surface area contributed by atoms with Crippen molar-refractivity contribution in [3.8, 4) is 0 Å². The number of nitrogens with zero attached hydrogens (tertiary/aromatic N) is 2. The number of thiocarbonyl (C=S) groups is 1. The van der Waals surface area contributed by atoms with Crippen LogP contribution in [0.25, 0.3) is 6.08 Å². The fourth-order valence-corrected chi connectivity index (χ4v) is 3.94. The van der Waals surface area contributed by atoms with Gasteiger partial charge < -0.3 is 15.0 Å². The smallest absolute Gasteiger partial charge is 0.191 e. The van der Waals surface area contributed by atoms with E-state index in [2.05, 4.69) is 51.1 Å². The van der Waals surface area contributed by atoms with Crippen molar-refractivity contribution in [2.75, 3.05) is 31.6 Å². The van der Waals surface area contributed by atoms with E-state index in [1.807, 2.05) is 42.6 Å². The second kappa shape index (κ2) is 10.2. The minimum Gasteiger partial charge on any atom is -0.378 e. The number of hydrogen-bond donors (Lipinski definition) is 2. The van der Waals surface area contributed by atoms with Crippen LogP contribution in [0.4, 0.5) is 5.69 Å². The molecule has 2 aromatic rings. The molecule has 0 bridgehead atoms. The van der Waals surface area contributed by atoms with Crippen LogP contribution in [0.2, 0.25) is 0 Å². The summed E-state index contributed by atoms with van der Waals surface area (Å²) < 4.78 is 5.56. The normalized spacial score (nSPS) is 18.3. The van der Waals surface area contributed by atoms with Crippen LogP contribution in [-0.2, 0) is 4.74 Å². The highest BCUT2D eigenvalue weighted by Gasteiger charge is 2.25. The van der Waals surface area contributed by atoms with Crippen molar-refractivity contribution in [2.24, 2.45) is 5.10 Å². The highest BCUT2D eigenvalue weighted by molar-refractivity contribution is 7.80. The van der Waals surface area contributed by atoms with Crippen LogP contribution in [0.15, 0.2) is 82.6 Å². The fourth-order valence-electron chi connectivity index (χ4n) is 3.77. The molecule has 4 rings (SSSR count). The molecule has 1 aliphatic heterocycles. The van der Waals surface area contributed by atoms with Gasteiger partial charge in [0.15, 0.2) is 5.11 Å². The number of ether oxygens (including phenoxy) is 1. The lowest BCUT2D eigenvalue weighted by Crippen LogP contribution is -2.36. The zero-order chi connectivity index (χ0) is 20.6. The summed E-state index contributed by atoms with van der Waals surface area (Å²) in [5.74, 6) is 0. The Morgan fingerprint density at radius 1 is 0.967 bits per heavy atom. The molecule has 1 saturated heterocycles. The maximum absolute atomic E-state index is 5.56. The number of nitrogens with one attached hydrogen (secondary N) is 2. The Labute approximate surface area is 183 Å². The topological polar surface area (TPSA) is 48.9 Å². The minimum atomic E-state index is 0.476. The molecule has 2 N–H and O–H groups in total. The van der Waals surface area contributed by atoms with Crippen LogP contribution in [0, 0.1) is 0 Å². The summed E-state index contributed by atoms with van der Waals surface area (Å²) in [6.07, 6.45) is 6.18. The Balaban J connectivity index is 1.50. The van der Waals surface area contributed by atoms with Gasteiger partial charge >= 0.3 is 0 Å². The molecule has 0 radical (unpaired) electrons. The molecule has 1 aliphatic carbocycles. The van der Waals surface area contributed by atoms with Gasteiger partial charge in [0.25, 0.3) is 0 Å². The zero-order valence-electron chi connectivity index (χ0n) is 16.9. The maximum Gasteiger partial charge on any atom is 0.191 e. The molecule has 0 saturated carbocycles. The molecule has 6 heteroatoms. The first-order chi connectivity index (χ1) is 14.8. The molecule has 2 aromatic carbocycles. The molecule has 0 atom stereocenters. The zero-order valence-corrected chi connectivity index (χ0v) is 17.7. The largest absolute Gasteiger partial charge is 0.378 e. The number of hydrazone groups is 1. The monoisotopic (exact) mass is 418 g/mol. The molecule has 0 spiro atoms. The Kier molecular flexibility index (Phi) is 6.90. The third-order valence-corrected chi connectivity index (χ3v) is 5.35. The number of anilines is 1. The number of hydrogen-bond acceptors (Lipinski definition) is 4. The molecule has 1 heterocycles. The van der Waals surface area contributed by atoms with Gasteiger partial charge in [0.05, 0.1) is 19.4 Å². The standard InChI is InChI=1S/C24H26N4OS/c30-24(26-22-9-5-2-6-10-22)27-25-18-21-12-11-20(17-19-7-3-1-4-8-19)23(21)28-13-15-29-16-14-28/h1-10,17-18H,11-16H2,(H2,26,27,30)/b20-17?,25-18-. The van der Waals surface area contributed by atoms with Crippen LogP contribution in [0.3, 0.4) is 0 Å². The fraction of sp³-hybridized carbons (Fsp3) is 0.250. The van der Waals surface area contributed by atoms with Crippen LogP contribution in [0.5, 0.6) is 0 Å². The third kappa shape index (κ3) is 5.34. The van der Waals surface area contributed by atoms with Gasteiger partial charge in [0, 0.05) is 24.5 Å². The molecule has 5 nitrogen and oxygen atoms in total. The van der Waals surface area contributed by atoms with E-state index in [9.17, 15) is 0 Å². The molecule has 154 valence electrons. The van der Waals surface area contributed by atoms with Crippen molar-refractivity contribution in [2.45, 2.75) is 12.8 Å². The Hall–Kier alpha value is -2.96. The number of rotatable bonds is 5. The molecule has 0 unspecified atom stereocenters. The van der Waals surface area contributed by atoms with Gasteiger partial charge in [0.1, 0.15) is 0 Å². The van der Waals surface area contributed by atoms with Gasteiger partial charge in [-0.1, -0.05) is 48.5 Å². The van der Waals surface area contributed by atoms with Crippen LogP contribution < -0.4 is 10.7 Å². The molecule has 1 fully saturated rings. The van der Waals surface area contributed by atoms with E-state index in [-0.39, 0.29) is 0 Å². The molecule has 30 heavy (non-hydrogen) atoms. The summed E-state index contributed by atoms with van der Waals surface area (Å²) in [6, 6.07) is 20.3. The van der Waals surface area contributed by atoms with Crippen LogP contribution >= 0.6 is 12.2 Å². The second-order valence-corrected chi connectivity index (χ2v) is 7.65. The summed E-state index contributed by atoms with van der Waals surface area (Å²) in [4.78, 5) is 2.42. The van der Waals surface area contributed by atoms with Gasteiger partial charge in [-0.15, -0.1) is 0 Å². The van der Waals surface area contributed by atoms with E-state index in [0.717, 1.165) is 44.8 Å². The van der Waals surface area contributed by atoms with Gasteiger partial charge in [-0.05, 0) is 60.0 Å². The summed E-state index contributed by atoms with van der Waals surface area (Å²) in [6.45, 7) is 3.33. The van der Waals surface area contributed by atoms with E-state index in [4.69, 9.17) is 17.0 Å². The van der Waals surface area contributed by atoms with Crippen molar-refractivity contribution in [3.63, 3.8) is 0 Å². The lowest BCUT2D eigenvalue weighted by atomic mass is 10.1. The molecular formula is C24H26N4OS. The Morgan fingerprint density at radius 2 is 1.67 bits per heavy atom. The van der Waals surface area contributed by atoms with E-state index in [0.29, 0.717) is 5.11 Å². The summed E-state index contributed by atoms with van der Waals surface area (Å²) in [5.41, 5.74) is 8.97. The first kappa shape index (κ1) is 20.3. The van der Waals surface area contributed by atoms with E-state index in [1.54, 1.807) is 0 Å². The van der Waals surface area contributed by atoms with Crippen LogP contribution in [0.1, 0.15) is 18.4 Å². The average Bonchev–Trinajstić information content (AvgIpc) is 3.18. The molecule has 0 amide bonds. The average molecular weight is 419 g/mol. The van der Waals surface area contributed by atoms with Gasteiger partial charge in [-0.2, -0.15) is 5.10 Å². The number of allylic oxidation sites excluding steroid dienone is 2. The summed E-state index contributed by atoms with van der Waals surface area (Å²) in [7, 11) is 0. The van der Waals surface area contributed by atoms with Gasteiger partial charge in [0.2, 0.25) is 0 Å². The van der Waals surface area contributed by atoms with Crippen LogP contribution in [-0.4, -0.2) is 42.5 Å². The highest BCUT2D eigenvalue weighted by atomic mass is 32.1. The number of morpholine rings is 1. The molecular weight excluding hydrogens is 392 g/mol. The van der Waals surface area contributed by atoms with Crippen molar-refractivity contribution >= 4 is 35.3 Å². The quantitative estimate of drug-likeness (QED) is 0.428. The minimum absolute atomic E-state index is 0.476. The Bertz CT molecular complexity index is 948. The lowest BCUT2D eigenvalue weighted by Gasteiger charge is -2.31. The first-order valence-electron chi connectivity index (χ1n) is 10.3. The predicted molar refractivity (Wildman–Crippen MR) is 127 cm³/mol. The third-order valence-electron chi connectivity index (χ3n) is 5.16. The number of para-hydroxylation sites is 1. The predicted octanol–water partition coefficient (Wildman–Crippen LogP) is 4.42. The van der Waals surface area contributed by atoms with Crippen molar-refractivity contribution in [3.05, 3.63) is 83.1 Å². The number of benzene rings is 2. The summed E-state index contributed by atoms with van der Waals surface area (Å²) >= 11 is 5.35.